The topological polar surface area (TPSA) is 101 Å². The Balaban J connectivity index is 1.66. The van der Waals surface area contributed by atoms with Crippen molar-refractivity contribution in [2.24, 2.45) is 0 Å². The fourth-order valence-electron chi connectivity index (χ4n) is 2.94. The van der Waals surface area contributed by atoms with Crippen molar-refractivity contribution in [1.82, 2.24) is 19.6 Å². The standard InChI is InChI=1S/C19H22N6O2S/c1-11-16(12(2)25-18(20-11)23-19(24-25)28-4)9-10-17(27)22-15-7-5-14(6-8-15)21-13(3)26/h5-8H,9-10H2,1-4H3,(H,21,26)(H,22,27). The SMILES string of the molecule is CSc1nc2nc(C)c(CCC(=O)Nc3ccc(NC(C)=O)cc3)c(C)n2n1. The number of fused-ring (bicyclic) bond motifs is 1. The Kier molecular flexibility index (Phi) is 5.93. The third-order valence-electron chi connectivity index (χ3n) is 4.30. The summed E-state index contributed by atoms with van der Waals surface area (Å²) in [5, 5.41) is 10.7. The molecule has 0 bridgehead atoms. The first-order valence-electron chi connectivity index (χ1n) is 8.81. The van der Waals surface area contributed by atoms with Crippen molar-refractivity contribution < 1.29 is 9.59 Å². The van der Waals surface area contributed by atoms with Crippen LogP contribution in [0.3, 0.4) is 0 Å². The predicted molar refractivity (Wildman–Crippen MR) is 110 cm³/mol. The van der Waals surface area contributed by atoms with E-state index in [2.05, 4.69) is 25.7 Å². The zero-order valence-electron chi connectivity index (χ0n) is 16.2. The first-order valence-corrected chi connectivity index (χ1v) is 10.0. The maximum absolute atomic E-state index is 12.3. The summed E-state index contributed by atoms with van der Waals surface area (Å²) in [6.45, 7) is 5.34. The van der Waals surface area contributed by atoms with Crippen LogP contribution < -0.4 is 10.6 Å². The highest BCUT2D eigenvalue weighted by Crippen LogP contribution is 2.19. The molecular formula is C19H22N6O2S. The summed E-state index contributed by atoms with van der Waals surface area (Å²) in [6.07, 6.45) is 2.81. The zero-order chi connectivity index (χ0) is 20.3. The van der Waals surface area contributed by atoms with E-state index in [-0.39, 0.29) is 11.8 Å². The Morgan fingerprint density at radius 3 is 2.32 bits per heavy atom. The van der Waals surface area contributed by atoms with Crippen LogP contribution in [0, 0.1) is 13.8 Å². The molecule has 146 valence electrons. The number of nitrogens with zero attached hydrogens (tertiary/aromatic N) is 4. The highest BCUT2D eigenvalue weighted by Gasteiger charge is 2.14. The average molecular weight is 398 g/mol. The summed E-state index contributed by atoms with van der Waals surface area (Å²) in [5.74, 6) is 0.353. The van der Waals surface area contributed by atoms with Crippen LogP contribution >= 0.6 is 11.8 Å². The van der Waals surface area contributed by atoms with Crippen molar-refractivity contribution in [2.45, 2.75) is 38.8 Å². The summed E-state index contributed by atoms with van der Waals surface area (Å²) >= 11 is 1.47. The van der Waals surface area contributed by atoms with Gasteiger partial charge in [0.1, 0.15) is 0 Å². The Bertz CT molecular complexity index is 1030. The minimum atomic E-state index is -0.134. The van der Waals surface area contributed by atoms with E-state index in [4.69, 9.17) is 0 Å². The van der Waals surface area contributed by atoms with Crippen LogP contribution in [-0.2, 0) is 16.0 Å². The van der Waals surface area contributed by atoms with E-state index in [0.717, 1.165) is 17.0 Å². The number of nitrogens with one attached hydrogen (secondary N) is 2. The van der Waals surface area contributed by atoms with Gasteiger partial charge in [-0.05, 0) is 56.4 Å². The molecule has 28 heavy (non-hydrogen) atoms. The number of carbonyl (C=O) groups excluding carboxylic acids is 2. The molecule has 0 atom stereocenters. The minimum Gasteiger partial charge on any atom is -0.326 e. The number of hydrogen-bond donors (Lipinski definition) is 2. The molecule has 0 radical (unpaired) electrons. The average Bonchev–Trinajstić information content (AvgIpc) is 3.06. The molecule has 1 aromatic carbocycles. The van der Waals surface area contributed by atoms with Gasteiger partial charge in [0.25, 0.3) is 5.78 Å². The lowest BCUT2D eigenvalue weighted by Crippen LogP contribution is -2.14. The largest absolute Gasteiger partial charge is 0.326 e. The molecule has 0 aliphatic rings. The summed E-state index contributed by atoms with van der Waals surface area (Å²) in [4.78, 5) is 32.3. The normalized spacial score (nSPS) is 10.9. The van der Waals surface area contributed by atoms with Crippen LogP contribution in [-0.4, -0.2) is 37.7 Å². The number of thioether (sulfide) groups is 1. The highest BCUT2D eigenvalue weighted by molar-refractivity contribution is 7.98. The van der Waals surface area contributed by atoms with Crippen molar-refractivity contribution in [2.75, 3.05) is 16.9 Å². The van der Waals surface area contributed by atoms with E-state index >= 15 is 0 Å². The number of rotatable bonds is 6. The number of aromatic nitrogens is 4. The van der Waals surface area contributed by atoms with Gasteiger partial charge in [-0.3, -0.25) is 9.59 Å². The second-order valence-corrected chi connectivity index (χ2v) is 7.15. The van der Waals surface area contributed by atoms with Crippen LogP contribution in [0.4, 0.5) is 11.4 Å². The molecular weight excluding hydrogens is 376 g/mol. The number of amides is 2. The van der Waals surface area contributed by atoms with E-state index < -0.39 is 0 Å². The molecule has 8 nitrogen and oxygen atoms in total. The summed E-state index contributed by atoms with van der Waals surface area (Å²) in [6, 6.07) is 7.01. The third-order valence-corrected chi connectivity index (χ3v) is 4.84. The van der Waals surface area contributed by atoms with Gasteiger partial charge in [0, 0.05) is 36.1 Å². The lowest BCUT2D eigenvalue weighted by molar-refractivity contribution is -0.116. The van der Waals surface area contributed by atoms with Gasteiger partial charge in [-0.25, -0.2) is 9.50 Å². The van der Waals surface area contributed by atoms with Gasteiger partial charge in [-0.1, -0.05) is 11.8 Å². The molecule has 0 saturated heterocycles. The second-order valence-electron chi connectivity index (χ2n) is 6.38. The van der Waals surface area contributed by atoms with Crippen LogP contribution in [0.1, 0.15) is 30.3 Å². The van der Waals surface area contributed by atoms with Crippen molar-refractivity contribution >= 4 is 40.7 Å². The second kappa shape index (κ2) is 8.39. The molecule has 2 heterocycles. The fourth-order valence-corrected chi connectivity index (χ4v) is 3.28. The summed E-state index contributed by atoms with van der Waals surface area (Å²) in [7, 11) is 0. The monoisotopic (exact) mass is 398 g/mol. The number of carbonyl (C=O) groups is 2. The number of aryl methyl sites for hydroxylation is 2. The molecule has 9 heteroatoms. The Morgan fingerprint density at radius 2 is 1.71 bits per heavy atom. The smallest absolute Gasteiger partial charge is 0.253 e. The van der Waals surface area contributed by atoms with Crippen LogP contribution in [0.15, 0.2) is 29.4 Å². The Morgan fingerprint density at radius 1 is 1.07 bits per heavy atom. The maximum Gasteiger partial charge on any atom is 0.253 e. The van der Waals surface area contributed by atoms with E-state index in [0.29, 0.717) is 35.2 Å². The molecule has 0 saturated carbocycles. The van der Waals surface area contributed by atoms with E-state index in [1.807, 2.05) is 20.1 Å². The molecule has 2 amide bonds. The third kappa shape index (κ3) is 4.48. The molecule has 0 aliphatic heterocycles. The first-order chi connectivity index (χ1) is 13.4. The maximum atomic E-state index is 12.3. The number of anilines is 2. The summed E-state index contributed by atoms with van der Waals surface area (Å²) < 4.78 is 1.73. The lowest BCUT2D eigenvalue weighted by atomic mass is 10.1. The molecule has 0 aliphatic carbocycles. The van der Waals surface area contributed by atoms with E-state index in [1.54, 1.807) is 28.8 Å². The van der Waals surface area contributed by atoms with Crippen molar-refractivity contribution in [3.05, 3.63) is 41.2 Å². The summed E-state index contributed by atoms with van der Waals surface area (Å²) in [5.41, 5.74) is 4.18. The zero-order valence-corrected chi connectivity index (χ0v) is 17.1. The van der Waals surface area contributed by atoms with Gasteiger partial charge in [0.2, 0.25) is 17.0 Å². The van der Waals surface area contributed by atoms with Crippen LogP contribution in [0.2, 0.25) is 0 Å². The molecule has 0 spiro atoms. The van der Waals surface area contributed by atoms with Gasteiger partial charge in [-0.2, -0.15) is 4.98 Å². The number of benzene rings is 1. The van der Waals surface area contributed by atoms with E-state index in [1.165, 1.54) is 18.7 Å². The minimum absolute atomic E-state index is 0.0884. The van der Waals surface area contributed by atoms with Crippen molar-refractivity contribution in [3.8, 4) is 0 Å². The number of hydrogen-bond acceptors (Lipinski definition) is 6. The van der Waals surface area contributed by atoms with Crippen molar-refractivity contribution in [3.63, 3.8) is 0 Å². The van der Waals surface area contributed by atoms with Gasteiger partial charge >= 0.3 is 0 Å². The van der Waals surface area contributed by atoms with E-state index in [9.17, 15) is 9.59 Å². The Labute approximate surface area is 167 Å². The molecule has 3 aromatic rings. The molecule has 0 fully saturated rings. The van der Waals surface area contributed by atoms with Crippen molar-refractivity contribution in [1.29, 1.82) is 0 Å². The van der Waals surface area contributed by atoms with Crippen LogP contribution in [0.25, 0.3) is 5.78 Å². The Hall–Kier alpha value is -2.94. The van der Waals surface area contributed by atoms with Gasteiger partial charge < -0.3 is 10.6 Å². The highest BCUT2D eigenvalue weighted by atomic mass is 32.2. The van der Waals surface area contributed by atoms with Gasteiger partial charge in [0.15, 0.2) is 0 Å². The fraction of sp³-hybridized carbons (Fsp3) is 0.316. The van der Waals surface area contributed by atoms with Crippen LogP contribution in [0.5, 0.6) is 0 Å². The molecule has 2 N–H and O–H groups in total. The predicted octanol–water partition coefficient (Wildman–Crippen LogP) is 2.99. The molecule has 0 unspecified atom stereocenters. The van der Waals surface area contributed by atoms with Gasteiger partial charge in [0.05, 0.1) is 0 Å². The lowest BCUT2D eigenvalue weighted by Gasteiger charge is -2.11. The van der Waals surface area contributed by atoms with Gasteiger partial charge in [-0.15, -0.1) is 5.10 Å². The first kappa shape index (κ1) is 19.8. The molecule has 2 aromatic heterocycles. The quantitative estimate of drug-likeness (QED) is 0.619. The molecule has 3 rings (SSSR count).